The first-order valence-corrected chi connectivity index (χ1v) is 9.14. The van der Waals surface area contributed by atoms with Gasteiger partial charge in [0.05, 0.1) is 14.2 Å². The molecular formula is C22H27NO6. The molecule has 0 aliphatic rings. The number of hydrogen-bond donors (Lipinski definition) is 1. The Hall–Kier alpha value is -3.22. The van der Waals surface area contributed by atoms with E-state index in [-0.39, 0.29) is 12.0 Å². The van der Waals surface area contributed by atoms with Crippen LogP contribution in [0.4, 0.5) is 5.69 Å². The van der Waals surface area contributed by atoms with Gasteiger partial charge in [-0.15, -0.1) is 0 Å². The normalized spacial score (nSPS) is 10.8. The fourth-order valence-corrected chi connectivity index (χ4v) is 2.65. The summed E-state index contributed by atoms with van der Waals surface area (Å²) in [5, 5.41) is 2.63. The molecule has 0 saturated heterocycles. The number of ether oxygens (including phenoxy) is 4. The average Bonchev–Trinajstić information content (AvgIpc) is 2.70. The molecule has 7 nitrogen and oxygen atoms in total. The van der Waals surface area contributed by atoms with Crippen molar-refractivity contribution in [3.63, 3.8) is 0 Å². The maximum atomic E-state index is 12.0. The van der Waals surface area contributed by atoms with E-state index < -0.39 is 18.5 Å². The molecule has 7 heteroatoms. The van der Waals surface area contributed by atoms with E-state index in [1.165, 1.54) is 14.2 Å². The number of carbonyl (C=O) groups is 2. The van der Waals surface area contributed by atoms with E-state index in [1.54, 1.807) is 24.3 Å². The SMILES string of the molecule is COc1ccc(NC(=O)COC(=O)COc2ccccc2C(C)(C)C)cc1OC. The van der Waals surface area contributed by atoms with Gasteiger partial charge in [0.15, 0.2) is 24.7 Å². The Morgan fingerprint density at radius 3 is 2.24 bits per heavy atom. The highest BCUT2D eigenvalue weighted by Gasteiger charge is 2.19. The topological polar surface area (TPSA) is 83.1 Å². The quantitative estimate of drug-likeness (QED) is 0.681. The van der Waals surface area contributed by atoms with Crippen LogP contribution in [0.2, 0.25) is 0 Å². The summed E-state index contributed by atoms with van der Waals surface area (Å²) >= 11 is 0. The summed E-state index contributed by atoms with van der Waals surface area (Å²) in [7, 11) is 3.03. The average molecular weight is 401 g/mol. The van der Waals surface area contributed by atoms with E-state index in [4.69, 9.17) is 18.9 Å². The first-order valence-electron chi connectivity index (χ1n) is 9.14. The number of para-hydroxylation sites is 1. The molecule has 2 aromatic carbocycles. The van der Waals surface area contributed by atoms with Crippen molar-refractivity contribution in [2.24, 2.45) is 0 Å². The van der Waals surface area contributed by atoms with Crippen LogP contribution in [0.5, 0.6) is 17.2 Å². The Morgan fingerprint density at radius 2 is 1.59 bits per heavy atom. The molecule has 156 valence electrons. The number of nitrogens with one attached hydrogen (secondary N) is 1. The van der Waals surface area contributed by atoms with Crippen LogP contribution >= 0.6 is 0 Å². The fourth-order valence-electron chi connectivity index (χ4n) is 2.65. The van der Waals surface area contributed by atoms with Crippen molar-refractivity contribution in [2.75, 3.05) is 32.8 Å². The third kappa shape index (κ3) is 6.41. The van der Waals surface area contributed by atoms with E-state index in [0.29, 0.717) is 22.9 Å². The minimum Gasteiger partial charge on any atom is -0.493 e. The summed E-state index contributed by atoms with van der Waals surface area (Å²) in [6.45, 7) is 5.48. The second-order valence-electron chi connectivity index (χ2n) is 7.31. The lowest BCUT2D eigenvalue weighted by atomic mass is 9.86. The minimum absolute atomic E-state index is 0.125. The van der Waals surface area contributed by atoms with Gasteiger partial charge >= 0.3 is 5.97 Å². The zero-order valence-corrected chi connectivity index (χ0v) is 17.4. The summed E-state index contributed by atoms with van der Waals surface area (Å²) in [6, 6.07) is 12.5. The zero-order chi connectivity index (χ0) is 21.4. The molecule has 0 aromatic heterocycles. The molecule has 29 heavy (non-hydrogen) atoms. The van der Waals surface area contributed by atoms with E-state index in [2.05, 4.69) is 26.1 Å². The van der Waals surface area contributed by atoms with Crippen molar-refractivity contribution in [1.29, 1.82) is 0 Å². The van der Waals surface area contributed by atoms with Gasteiger partial charge in [-0.3, -0.25) is 4.79 Å². The molecule has 0 spiro atoms. The summed E-state index contributed by atoms with van der Waals surface area (Å²) in [4.78, 5) is 24.0. The van der Waals surface area contributed by atoms with Crippen LogP contribution < -0.4 is 19.5 Å². The van der Waals surface area contributed by atoms with Gasteiger partial charge in [0.1, 0.15) is 5.75 Å². The molecule has 0 bridgehead atoms. The first-order chi connectivity index (χ1) is 13.7. The molecule has 0 aliphatic heterocycles. The summed E-state index contributed by atoms with van der Waals surface area (Å²) in [5.74, 6) is 0.543. The second-order valence-corrected chi connectivity index (χ2v) is 7.31. The molecule has 1 amide bonds. The van der Waals surface area contributed by atoms with Gasteiger partial charge < -0.3 is 24.3 Å². The van der Waals surface area contributed by atoms with Gasteiger partial charge in [-0.2, -0.15) is 0 Å². The molecule has 0 heterocycles. The van der Waals surface area contributed by atoms with Crippen LogP contribution in [-0.2, 0) is 19.7 Å². The molecule has 0 radical (unpaired) electrons. The highest BCUT2D eigenvalue weighted by atomic mass is 16.6. The van der Waals surface area contributed by atoms with Gasteiger partial charge in [-0.1, -0.05) is 39.0 Å². The largest absolute Gasteiger partial charge is 0.493 e. The number of esters is 1. The Bertz CT molecular complexity index is 857. The van der Waals surface area contributed by atoms with Crippen molar-refractivity contribution in [3.8, 4) is 17.2 Å². The minimum atomic E-state index is -0.629. The maximum absolute atomic E-state index is 12.0. The molecule has 0 unspecified atom stereocenters. The molecular weight excluding hydrogens is 374 g/mol. The smallest absolute Gasteiger partial charge is 0.344 e. The van der Waals surface area contributed by atoms with E-state index in [9.17, 15) is 9.59 Å². The Morgan fingerprint density at radius 1 is 0.897 bits per heavy atom. The number of carbonyl (C=O) groups excluding carboxylic acids is 2. The molecule has 2 aromatic rings. The number of methoxy groups -OCH3 is 2. The van der Waals surface area contributed by atoms with Gasteiger partial charge in [0.25, 0.3) is 5.91 Å². The van der Waals surface area contributed by atoms with Gasteiger partial charge in [-0.25, -0.2) is 4.79 Å². The first kappa shape index (κ1) is 22.1. The molecule has 0 saturated carbocycles. The van der Waals surface area contributed by atoms with E-state index in [1.807, 2.05) is 18.2 Å². The third-order valence-corrected chi connectivity index (χ3v) is 4.07. The van der Waals surface area contributed by atoms with Crippen LogP contribution in [0.3, 0.4) is 0 Å². The number of hydrogen-bond acceptors (Lipinski definition) is 6. The molecule has 1 N–H and O–H groups in total. The van der Waals surface area contributed by atoms with Crippen LogP contribution in [0.25, 0.3) is 0 Å². The Balaban J connectivity index is 1.85. The number of benzene rings is 2. The lowest BCUT2D eigenvalue weighted by Crippen LogP contribution is -2.24. The van der Waals surface area contributed by atoms with Crippen LogP contribution in [0, 0.1) is 0 Å². The lowest BCUT2D eigenvalue weighted by molar-refractivity contribution is -0.149. The van der Waals surface area contributed by atoms with Crippen LogP contribution in [-0.4, -0.2) is 39.3 Å². The van der Waals surface area contributed by atoms with Crippen LogP contribution in [0.1, 0.15) is 26.3 Å². The highest BCUT2D eigenvalue weighted by Crippen LogP contribution is 2.31. The molecule has 0 fully saturated rings. The summed E-state index contributed by atoms with van der Waals surface area (Å²) in [6.07, 6.45) is 0. The predicted octanol–water partition coefficient (Wildman–Crippen LogP) is 3.56. The fraction of sp³-hybridized carbons (Fsp3) is 0.364. The Labute approximate surface area is 170 Å². The molecule has 0 aliphatic carbocycles. The lowest BCUT2D eigenvalue weighted by Gasteiger charge is -2.22. The van der Waals surface area contributed by atoms with Crippen molar-refractivity contribution in [3.05, 3.63) is 48.0 Å². The second kappa shape index (κ2) is 9.82. The van der Waals surface area contributed by atoms with Gasteiger partial charge in [0, 0.05) is 11.8 Å². The number of anilines is 1. The summed E-state index contributed by atoms with van der Waals surface area (Å²) < 4.78 is 20.9. The Kier molecular flexibility index (Phi) is 7.47. The monoisotopic (exact) mass is 401 g/mol. The van der Waals surface area contributed by atoms with E-state index >= 15 is 0 Å². The van der Waals surface area contributed by atoms with Crippen molar-refractivity contribution in [1.82, 2.24) is 0 Å². The van der Waals surface area contributed by atoms with E-state index in [0.717, 1.165) is 5.56 Å². The van der Waals surface area contributed by atoms with Crippen molar-refractivity contribution in [2.45, 2.75) is 26.2 Å². The van der Waals surface area contributed by atoms with Crippen molar-refractivity contribution >= 4 is 17.6 Å². The van der Waals surface area contributed by atoms with Gasteiger partial charge in [0.2, 0.25) is 0 Å². The predicted molar refractivity (Wildman–Crippen MR) is 110 cm³/mol. The number of amides is 1. The highest BCUT2D eigenvalue weighted by molar-refractivity contribution is 5.93. The zero-order valence-electron chi connectivity index (χ0n) is 17.4. The standard InChI is InChI=1S/C22H27NO6/c1-22(2,3)16-8-6-7-9-17(16)28-14-21(25)29-13-20(24)23-15-10-11-18(26-4)19(12-15)27-5/h6-12H,13-14H2,1-5H3,(H,23,24). The molecule has 2 rings (SSSR count). The van der Waals surface area contributed by atoms with Crippen molar-refractivity contribution < 1.29 is 28.5 Å². The van der Waals surface area contributed by atoms with Crippen LogP contribution in [0.15, 0.2) is 42.5 Å². The third-order valence-electron chi connectivity index (χ3n) is 4.07. The van der Waals surface area contributed by atoms with Gasteiger partial charge in [-0.05, 0) is 29.2 Å². The molecule has 0 atom stereocenters. The summed E-state index contributed by atoms with van der Waals surface area (Å²) in [5.41, 5.74) is 1.36. The maximum Gasteiger partial charge on any atom is 0.344 e. The number of rotatable bonds is 8.